The van der Waals surface area contributed by atoms with E-state index in [1.165, 1.54) is 0 Å². The zero-order valence-electron chi connectivity index (χ0n) is 14.9. The van der Waals surface area contributed by atoms with Crippen molar-refractivity contribution in [1.82, 2.24) is 14.5 Å². The van der Waals surface area contributed by atoms with Crippen LogP contribution in [0.25, 0.3) is 11.0 Å². The predicted molar refractivity (Wildman–Crippen MR) is 105 cm³/mol. The lowest BCUT2D eigenvalue weighted by molar-refractivity contribution is -0.137. The van der Waals surface area contributed by atoms with Crippen LogP contribution in [0.3, 0.4) is 0 Å². The minimum atomic E-state index is -0.0510. The van der Waals surface area contributed by atoms with Crippen molar-refractivity contribution in [2.75, 3.05) is 19.6 Å². The zero-order chi connectivity index (χ0) is 17.4. The van der Waals surface area contributed by atoms with Crippen molar-refractivity contribution in [3.8, 4) is 0 Å². The molecule has 3 N–H and O–H groups in total. The number of hydrogen-bond acceptors (Lipinski definition) is 3. The first-order valence-corrected chi connectivity index (χ1v) is 9.37. The van der Waals surface area contributed by atoms with E-state index >= 15 is 0 Å². The van der Waals surface area contributed by atoms with Gasteiger partial charge < -0.3 is 15.6 Å². The number of amides is 1. The van der Waals surface area contributed by atoms with Gasteiger partial charge in [0.15, 0.2) is 0 Å². The highest BCUT2D eigenvalue weighted by atomic mass is 35.5. The number of carbonyl (C=O) groups excluding carboxylic acids is 1. The molecule has 1 aromatic heterocycles. The van der Waals surface area contributed by atoms with Gasteiger partial charge in [-0.3, -0.25) is 9.36 Å². The summed E-state index contributed by atoms with van der Waals surface area (Å²) >= 11 is 0. The number of piperidine rings is 1. The van der Waals surface area contributed by atoms with Crippen molar-refractivity contribution >= 4 is 29.3 Å². The lowest BCUT2D eigenvalue weighted by atomic mass is 9.93. The fourth-order valence-electron chi connectivity index (χ4n) is 4.66. The summed E-state index contributed by atoms with van der Waals surface area (Å²) in [5.41, 5.74) is 7.62. The first kappa shape index (κ1) is 19.0. The molecule has 4 rings (SSSR count). The summed E-state index contributed by atoms with van der Waals surface area (Å²) in [6, 6.07) is 7.95. The molecule has 1 saturated carbocycles. The molecule has 2 atom stereocenters. The Kier molecular flexibility index (Phi) is 5.73. The second kappa shape index (κ2) is 7.84. The molecule has 1 amide bonds. The van der Waals surface area contributed by atoms with Gasteiger partial charge in [-0.1, -0.05) is 18.6 Å². The van der Waals surface area contributed by atoms with Gasteiger partial charge in [-0.15, -0.1) is 12.4 Å². The number of para-hydroxylation sites is 2. The number of hydrogen-bond donors (Lipinski definition) is 2. The number of carbonyl (C=O) groups is 1. The molecule has 0 unspecified atom stereocenters. The lowest BCUT2D eigenvalue weighted by Crippen LogP contribution is -2.44. The van der Waals surface area contributed by atoms with Gasteiger partial charge in [-0.2, -0.15) is 0 Å². The third-order valence-corrected chi connectivity index (χ3v) is 6.04. The van der Waals surface area contributed by atoms with E-state index in [1.807, 2.05) is 33.7 Å². The molecule has 7 heteroatoms. The Hall–Kier alpha value is -1.79. The minimum absolute atomic E-state index is 0. The van der Waals surface area contributed by atoms with Gasteiger partial charge in [0.05, 0.1) is 11.0 Å². The van der Waals surface area contributed by atoms with Gasteiger partial charge in [-0.25, -0.2) is 4.79 Å². The standard InChI is InChI=1S/C19H26N4O2.ClH/c20-12-13-4-3-5-15(13)18(24)22-10-8-14(9-11-22)23-17-7-2-1-6-16(17)21-19(23)25;/h1-2,6-7,13-15H,3-5,8-12,20H2,(H,21,25);1H/t13-,15-;/m1./s1. The topological polar surface area (TPSA) is 84.1 Å². The third kappa shape index (κ3) is 3.28. The summed E-state index contributed by atoms with van der Waals surface area (Å²) in [5.74, 6) is 0.733. The van der Waals surface area contributed by atoms with Crippen LogP contribution in [0.1, 0.15) is 38.1 Å². The predicted octanol–water partition coefficient (Wildman–Crippen LogP) is 2.29. The molecule has 1 aliphatic heterocycles. The number of halogens is 1. The highest BCUT2D eigenvalue weighted by Crippen LogP contribution is 2.34. The van der Waals surface area contributed by atoms with Crippen LogP contribution in [0.15, 0.2) is 29.1 Å². The van der Waals surface area contributed by atoms with Crippen LogP contribution >= 0.6 is 12.4 Å². The molecule has 1 aliphatic carbocycles. The molecule has 6 nitrogen and oxygen atoms in total. The molecule has 1 aromatic carbocycles. The largest absolute Gasteiger partial charge is 0.342 e. The second-order valence-electron chi connectivity index (χ2n) is 7.41. The Bertz CT molecular complexity index is 822. The zero-order valence-corrected chi connectivity index (χ0v) is 15.7. The molecule has 0 radical (unpaired) electrons. The Labute approximate surface area is 159 Å². The van der Waals surface area contributed by atoms with E-state index in [2.05, 4.69) is 4.98 Å². The van der Waals surface area contributed by atoms with E-state index in [1.54, 1.807) is 0 Å². The summed E-state index contributed by atoms with van der Waals surface area (Å²) in [5, 5.41) is 0. The van der Waals surface area contributed by atoms with E-state index in [9.17, 15) is 9.59 Å². The third-order valence-electron chi connectivity index (χ3n) is 6.04. The molecule has 26 heavy (non-hydrogen) atoms. The van der Waals surface area contributed by atoms with Crippen molar-refractivity contribution in [3.05, 3.63) is 34.7 Å². The fraction of sp³-hybridized carbons (Fsp3) is 0.579. The minimum Gasteiger partial charge on any atom is -0.342 e. The average molecular weight is 379 g/mol. The Morgan fingerprint density at radius 3 is 2.62 bits per heavy atom. The normalized spacial score (nSPS) is 24.0. The summed E-state index contributed by atoms with van der Waals surface area (Å²) in [6.45, 7) is 2.06. The average Bonchev–Trinajstić information content (AvgIpc) is 3.24. The number of fused-ring (bicyclic) bond motifs is 1. The fourth-order valence-corrected chi connectivity index (χ4v) is 4.66. The molecular formula is C19H27ClN4O2. The van der Waals surface area contributed by atoms with E-state index in [4.69, 9.17) is 5.73 Å². The summed E-state index contributed by atoms with van der Waals surface area (Å²) in [7, 11) is 0. The number of nitrogens with one attached hydrogen (secondary N) is 1. The van der Waals surface area contributed by atoms with Crippen LogP contribution in [0, 0.1) is 11.8 Å². The summed E-state index contributed by atoms with van der Waals surface area (Å²) < 4.78 is 1.87. The second-order valence-corrected chi connectivity index (χ2v) is 7.41. The summed E-state index contributed by atoms with van der Waals surface area (Å²) in [4.78, 5) is 30.1. The summed E-state index contributed by atoms with van der Waals surface area (Å²) in [6.07, 6.45) is 4.82. The van der Waals surface area contributed by atoms with Gasteiger partial charge in [0.1, 0.15) is 0 Å². The van der Waals surface area contributed by atoms with Crippen molar-refractivity contribution in [1.29, 1.82) is 0 Å². The molecule has 0 spiro atoms. The molecule has 2 heterocycles. The highest BCUT2D eigenvalue weighted by Gasteiger charge is 2.36. The molecule has 2 aromatic rings. The van der Waals surface area contributed by atoms with Gasteiger partial charge >= 0.3 is 5.69 Å². The van der Waals surface area contributed by atoms with Gasteiger partial charge in [0.25, 0.3) is 0 Å². The molecule has 0 bridgehead atoms. The molecule has 1 saturated heterocycles. The van der Waals surface area contributed by atoms with Crippen molar-refractivity contribution in [2.45, 2.75) is 38.1 Å². The quantitative estimate of drug-likeness (QED) is 0.859. The lowest BCUT2D eigenvalue weighted by Gasteiger charge is -2.35. The Morgan fingerprint density at radius 1 is 1.15 bits per heavy atom. The molecule has 2 fully saturated rings. The van der Waals surface area contributed by atoms with Crippen molar-refractivity contribution < 1.29 is 4.79 Å². The van der Waals surface area contributed by atoms with Gasteiger partial charge in [-0.05, 0) is 50.3 Å². The molecule has 142 valence electrons. The maximum atomic E-state index is 12.8. The van der Waals surface area contributed by atoms with Gasteiger partial charge in [0.2, 0.25) is 5.91 Å². The van der Waals surface area contributed by atoms with Crippen molar-refractivity contribution in [3.63, 3.8) is 0 Å². The number of aromatic amines is 1. The maximum absolute atomic E-state index is 12.8. The Morgan fingerprint density at radius 2 is 1.88 bits per heavy atom. The number of nitrogens with two attached hydrogens (primary N) is 1. The van der Waals surface area contributed by atoms with E-state index in [0.29, 0.717) is 12.5 Å². The monoisotopic (exact) mass is 378 g/mol. The van der Waals surface area contributed by atoms with Crippen molar-refractivity contribution in [2.24, 2.45) is 17.6 Å². The number of benzene rings is 1. The first-order chi connectivity index (χ1) is 12.2. The van der Waals surface area contributed by atoms with Crippen LogP contribution in [-0.2, 0) is 4.79 Å². The van der Waals surface area contributed by atoms with Crippen LogP contribution in [-0.4, -0.2) is 40.0 Å². The maximum Gasteiger partial charge on any atom is 0.326 e. The van der Waals surface area contributed by atoms with Gasteiger partial charge in [0, 0.05) is 25.0 Å². The van der Waals surface area contributed by atoms with Crippen LogP contribution < -0.4 is 11.4 Å². The van der Waals surface area contributed by atoms with Crippen LogP contribution in [0.5, 0.6) is 0 Å². The SMILES string of the molecule is Cl.NC[C@H]1CCC[C@H]1C(=O)N1CCC(n2c(=O)[nH]c3ccccc32)CC1. The van der Waals surface area contributed by atoms with E-state index < -0.39 is 0 Å². The van der Waals surface area contributed by atoms with Crippen LogP contribution in [0.4, 0.5) is 0 Å². The number of H-pyrrole nitrogens is 1. The highest BCUT2D eigenvalue weighted by molar-refractivity contribution is 5.85. The number of rotatable bonds is 3. The number of nitrogens with zero attached hydrogens (tertiary/aromatic N) is 2. The van der Waals surface area contributed by atoms with E-state index in [0.717, 1.165) is 56.2 Å². The Balaban J connectivity index is 0.00000196. The number of imidazole rings is 1. The first-order valence-electron chi connectivity index (χ1n) is 9.37. The molecular weight excluding hydrogens is 352 g/mol. The number of aromatic nitrogens is 2. The van der Waals surface area contributed by atoms with E-state index in [-0.39, 0.29) is 36.0 Å². The molecule has 2 aliphatic rings. The van der Waals surface area contributed by atoms with Crippen LogP contribution in [0.2, 0.25) is 0 Å². The number of likely N-dealkylation sites (tertiary alicyclic amines) is 1. The smallest absolute Gasteiger partial charge is 0.326 e.